The first kappa shape index (κ1) is 8.97. The van der Waals surface area contributed by atoms with E-state index in [2.05, 4.69) is 0 Å². The maximum Gasteiger partial charge on any atom is 0.163 e. The average molecular weight is 159 g/mol. The monoisotopic (exact) mass is 159 g/mol. The smallest absolute Gasteiger partial charge is 0.163 e. The summed E-state index contributed by atoms with van der Waals surface area (Å²) in [5.74, 6) is -1.49. The summed E-state index contributed by atoms with van der Waals surface area (Å²) in [4.78, 5) is 0. The maximum atomic E-state index is 9.33. The minimum atomic E-state index is -1.49. The standard InChI is InChI=1S/C8H17NO2/c1-7(2)5-8(10,11)4-3-6(7)9/h6,10-11H,3-5,9H2,1-2H3. The highest BCUT2D eigenvalue weighted by molar-refractivity contribution is 4.91. The van der Waals surface area contributed by atoms with Gasteiger partial charge in [-0.15, -0.1) is 0 Å². The van der Waals surface area contributed by atoms with E-state index in [1.54, 1.807) is 0 Å². The normalized spacial score (nSPS) is 35.2. The van der Waals surface area contributed by atoms with Crippen LogP contribution >= 0.6 is 0 Å². The highest BCUT2D eigenvalue weighted by Gasteiger charge is 2.41. The molecule has 0 aliphatic heterocycles. The Morgan fingerprint density at radius 1 is 1.36 bits per heavy atom. The van der Waals surface area contributed by atoms with Crippen LogP contribution in [0.15, 0.2) is 0 Å². The van der Waals surface area contributed by atoms with E-state index in [1.165, 1.54) is 0 Å². The zero-order valence-electron chi connectivity index (χ0n) is 7.17. The highest BCUT2D eigenvalue weighted by atomic mass is 16.5. The topological polar surface area (TPSA) is 66.5 Å². The van der Waals surface area contributed by atoms with Crippen LogP contribution in [0.1, 0.15) is 33.1 Å². The Balaban J connectivity index is 2.67. The molecule has 0 aromatic rings. The number of nitrogens with two attached hydrogens (primary N) is 1. The Labute approximate surface area is 67.2 Å². The lowest BCUT2D eigenvalue weighted by atomic mass is 9.71. The predicted octanol–water partition coefficient (Wildman–Crippen LogP) is 0.205. The van der Waals surface area contributed by atoms with Crippen LogP contribution in [0.4, 0.5) is 0 Å². The first-order chi connectivity index (χ1) is 4.83. The average Bonchev–Trinajstić information content (AvgIpc) is 1.77. The van der Waals surface area contributed by atoms with Crippen molar-refractivity contribution >= 4 is 0 Å². The van der Waals surface area contributed by atoms with Crippen molar-refractivity contribution in [3.8, 4) is 0 Å². The van der Waals surface area contributed by atoms with E-state index in [0.717, 1.165) is 0 Å². The molecular weight excluding hydrogens is 142 g/mol. The highest BCUT2D eigenvalue weighted by Crippen LogP contribution is 2.38. The molecular formula is C8H17NO2. The zero-order chi connectivity index (χ0) is 8.70. The van der Waals surface area contributed by atoms with Crippen LogP contribution < -0.4 is 5.73 Å². The van der Waals surface area contributed by atoms with Crippen molar-refractivity contribution < 1.29 is 10.2 Å². The lowest BCUT2D eigenvalue weighted by Crippen LogP contribution is -2.49. The Hall–Kier alpha value is -0.120. The van der Waals surface area contributed by atoms with Gasteiger partial charge in [-0.1, -0.05) is 13.8 Å². The summed E-state index contributed by atoms with van der Waals surface area (Å²) in [7, 11) is 0. The van der Waals surface area contributed by atoms with Crippen LogP contribution in [-0.2, 0) is 0 Å². The van der Waals surface area contributed by atoms with Crippen LogP contribution in [0.2, 0.25) is 0 Å². The fourth-order valence-corrected chi connectivity index (χ4v) is 1.73. The van der Waals surface area contributed by atoms with E-state index < -0.39 is 5.79 Å². The van der Waals surface area contributed by atoms with Gasteiger partial charge in [0.2, 0.25) is 0 Å². The second kappa shape index (κ2) is 2.44. The van der Waals surface area contributed by atoms with Gasteiger partial charge in [0, 0.05) is 18.9 Å². The van der Waals surface area contributed by atoms with Gasteiger partial charge in [-0.2, -0.15) is 0 Å². The largest absolute Gasteiger partial charge is 0.366 e. The van der Waals surface area contributed by atoms with Gasteiger partial charge in [0.15, 0.2) is 5.79 Å². The first-order valence-electron chi connectivity index (χ1n) is 4.04. The number of rotatable bonds is 0. The van der Waals surface area contributed by atoms with Gasteiger partial charge in [0.25, 0.3) is 0 Å². The molecule has 3 heteroatoms. The fraction of sp³-hybridized carbons (Fsp3) is 1.00. The molecule has 1 aliphatic rings. The lowest BCUT2D eigenvalue weighted by molar-refractivity contribution is -0.204. The molecule has 1 aliphatic carbocycles. The summed E-state index contributed by atoms with van der Waals surface area (Å²) in [5, 5.41) is 18.7. The minimum absolute atomic E-state index is 0.0925. The Bertz CT molecular complexity index is 154. The van der Waals surface area contributed by atoms with Crippen LogP contribution in [0.25, 0.3) is 0 Å². The van der Waals surface area contributed by atoms with E-state index in [9.17, 15) is 10.2 Å². The summed E-state index contributed by atoms with van der Waals surface area (Å²) >= 11 is 0. The molecule has 1 fully saturated rings. The third-order valence-corrected chi connectivity index (χ3v) is 2.60. The first-order valence-corrected chi connectivity index (χ1v) is 4.04. The van der Waals surface area contributed by atoms with E-state index in [-0.39, 0.29) is 11.5 Å². The molecule has 1 atom stereocenters. The molecule has 0 aromatic carbocycles. The Morgan fingerprint density at radius 3 is 2.27 bits per heavy atom. The molecule has 0 amide bonds. The van der Waals surface area contributed by atoms with Gasteiger partial charge in [0.05, 0.1) is 0 Å². The molecule has 0 spiro atoms. The molecule has 1 rings (SSSR count). The van der Waals surface area contributed by atoms with E-state index in [4.69, 9.17) is 5.73 Å². The molecule has 0 heterocycles. The van der Waals surface area contributed by atoms with Crippen molar-refractivity contribution in [3.63, 3.8) is 0 Å². The summed E-state index contributed by atoms with van der Waals surface area (Å²) < 4.78 is 0. The molecule has 1 saturated carbocycles. The summed E-state index contributed by atoms with van der Waals surface area (Å²) in [6.45, 7) is 3.94. The van der Waals surface area contributed by atoms with Gasteiger partial charge in [-0.3, -0.25) is 0 Å². The molecule has 1 unspecified atom stereocenters. The van der Waals surface area contributed by atoms with Crippen LogP contribution in [0.3, 0.4) is 0 Å². The number of hydrogen-bond acceptors (Lipinski definition) is 3. The van der Waals surface area contributed by atoms with Crippen molar-refractivity contribution in [2.45, 2.75) is 44.9 Å². The summed E-state index contributed by atoms with van der Waals surface area (Å²) in [6, 6.07) is 0.0925. The van der Waals surface area contributed by atoms with Crippen LogP contribution in [0, 0.1) is 5.41 Å². The fourth-order valence-electron chi connectivity index (χ4n) is 1.73. The van der Waals surface area contributed by atoms with E-state index in [0.29, 0.717) is 19.3 Å². The minimum Gasteiger partial charge on any atom is -0.366 e. The molecule has 11 heavy (non-hydrogen) atoms. The van der Waals surface area contributed by atoms with Gasteiger partial charge in [0.1, 0.15) is 0 Å². The number of hydrogen-bond donors (Lipinski definition) is 3. The quantitative estimate of drug-likeness (QED) is 0.442. The van der Waals surface area contributed by atoms with Crippen molar-refractivity contribution in [1.82, 2.24) is 0 Å². The van der Waals surface area contributed by atoms with Gasteiger partial charge < -0.3 is 15.9 Å². The van der Waals surface area contributed by atoms with Gasteiger partial charge in [-0.25, -0.2) is 0 Å². The molecule has 0 saturated heterocycles. The molecule has 0 bridgehead atoms. The van der Waals surface area contributed by atoms with Gasteiger partial charge in [-0.05, 0) is 11.8 Å². The molecule has 66 valence electrons. The lowest BCUT2D eigenvalue weighted by Gasteiger charge is -2.42. The molecule has 3 nitrogen and oxygen atoms in total. The van der Waals surface area contributed by atoms with Crippen LogP contribution in [-0.4, -0.2) is 22.0 Å². The summed E-state index contributed by atoms with van der Waals surface area (Å²) in [6.07, 6.45) is 1.47. The molecule has 0 radical (unpaired) electrons. The van der Waals surface area contributed by atoms with E-state index in [1.807, 2.05) is 13.8 Å². The van der Waals surface area contributed by atoms with Crippen molar-refractivity contribution in [1.29, 1.82) is 0 Å². The second-order valence-corrected chi connectivity index (χ2v) is 4.29. The maximum absolute atomic E-state index is 9.33. The Kier molecular flexibility index (Phi) is 1.99. The van der Waals surface area contributed by atoms with E-state index >= 15 is 0 Å². The van der Waals surface area contributed by atoms with Crippen molar-refractivity contribution in [2.75, 3.05) is 0 Å². The van der Waals surface area contributed by atoms with Crippen molar-refractivity contribution in [2.24, 2.45) is 11.1 Å². The number of aliphatic hydroxyl groups is 2. The zero-order valence-corrected chi connectivity index (χ0v) is 7.17. The van der Waals surface area contributed by atoms with Gasteiger partial charge >= 0.3 is 0 Å². The van der Waals surface area contributed by atoms with Crippen molar-refractivity contribution in [3.05, 3.63) is 0 Å². The second-order valence-electron chi connectivity index (χ2n) is 4.29. The summed E-state index contributed by atoms with van der Waals surface area (Å²) in [5.41, 5.74) is 5.66. The molecule has 0 aromatic heterocycles. The molecule has 4 N–H and O–H groups in total. The Morgan fingerprint density at radius 2 is 1.91 bits per heavy atom. The SMILES string of the molecule is CC1(C)CC(O)(O)CCC1N. The third kappa shape index (κ3) is 1.92. The third-order valence-electron chi connectivity index (χ3n) is 2.60. The predicted molar refractivity (Wildman–Crippen MR) is 42.8 cm³/mol. The van der Waals surface area contributed by atoms with Crippen LogP contribution in [0.5, 0.6) is 0 Å².